The molecule has 0 amide bonds. The molecule has 0 aromatic carbocycles. The highest BCUT2D eigenvalue weighted by Crippen LogP contribution is 2.18. The fourth-order valence-electron chi connectivity index (χ4n) is 3.02. The van der Waals surface area contributed by atoms with Gasteiger partial charge in [0.2, 0.25) is 0 Å². The van der Waals surface area contributed by atoms with Gasteiger partial charge in [-0.05, 0) is 11.8 Å². The third kappa shape index (κ3) is 3.93. The molecule has 1 rings (SSSR count). The SMILES string of the molecule is CC(C)[C@@H](C(=O)O)N1CCN([C@H](C(=O)O)C(C)C)CC1. The van der Waals surface area contributed by atoms with Crippen LogP contribution in [0.3, 0.4) is 0 Å². The number of carboxylic acid groups (broad SMARTS) is 2. The third-order valence-corrected chi connectivity index (χ3v) is 3.90. The van der Waals surface area contributed by atoms with Gasteiger partial charge in [-0.15, -0.1) is 0 Å². The lowest BCUT2D eigenvalue weighted by Crippen LogP contribution is -2.58. The van der Waals surface area contributed by atoms with Crippen molar-refractivity contribution in [3.63, 3.8) is 0 Å². The first kappa shape index (κ1) is 16.9. The van der Waals surface area contributed by atoms with Crippen LogP contribution in [-0.4, -0.2) is 70.2 Å². The minimum atomic E-state index is -0.799. The van der Waals surface area contributed by atoms with E-state index in [9.17, 15) is 19.8 Å². The van der Waals surface area contributed by atoms with Gasteiger partial charge < -0.3 is 10.2 Å². The first-order chi connectivity index (χ1) is 9.25. The Hall–Kier alpha value is -1.14. The zero-order valence-corrected chi connectivity index (χ0v) is 12.7. The van der Waals surface area contributed by atoms with Crippen molar-refractivity contribution < 1.29 is 19.8 Å². The van der Waals surface area contributed by atoms with E-state index < -0.39 is 24.0 Å². The van der Waals surface area contributed by atoms with Gasteiger partial charge in [-0.2, -0.15) is 0 Å². The van der Waals surface area contributed by atoms with Gasteiger partial charge in [0.1, 0.15) is 12.1 Å². The van der Waals surface area contributed by atoms with Crippen molar-refractivity contribution in [2.75, 3.05) is 26.2 Å². The summed E-state index contributed by atoms with van der Waals surface area (Å²) in [5, 5.41) is 18.6. The molecule has 1 aliphatic heterocycles. The molecular formula is C14H26N2O4. The monoisotopic (exact) mass is 286 g/mol. The van der Waals surface area contributed by atoms with Crippen LogP contribution in [0, 0.1) is 11.8 Å². The molecule has 1 fully saturated rings. The molecule has 0 aliphatic carbocycles. The molecule has 20 heavy (non-hydrogen) atoms. The second-order valence-electron chi connectivity index (χ2n) is 6.13. The Morgan fingerprint density at radius 2 is 1.00 bits per heavy atom. The maximum absolute atomic E-state index is 11.3. The zero-order valence-electron chi connectivity index (χ0n) is 12.7. The lowest BCUT2D eigenvalue weighted by molar-refractivity contribution is -0.150. The molecule has 0 radical (unpaired) electrons. The third-order valence-electron chi connectivity index (χ3n) is 3.90. The summed E-state index contributed by atoms with van der Waals surface area (Å²) in [7, 11) is 0. The summed E-state index contributed by atoms with van der Waals surface area (Å²) < 4.78 is 0. The molecule has 0 spiro atoms. The molecule has 2 N–H and O–H groups in total. The molecule has 0 bridgehead atoms. The second-order valence-corrected chi connectivity index (χ2v) is 6.13. The molecular weight excluding hydrogens is 260 g/mol. The van der Waals surface area contributed by atoms with Crippen molar-refractivity contribution in [3.05, 3.63) is 0 Å². The Morgan fingerprint density at radius 1 is 0.750 bits per heavy atom. The largest absolute Gasteiger partial charge is 0.480 e. The standard InChI is InChI=1S/C14H26N2O4/c1-9(2)11(13(17)18)15-5-7-16(8-6-15)12(10(3)4)14(19)20/h9-12H,5-8H2,1-4H3,(H,17,18)(H,19,20)/t11-,12-/m0/s1. The van der Waals surface area contributed by atoms with Gasteiger partial charge >= 0.3 is 11.9 Å². The topological polar surface area (TPSA) is 81.1 Å². The number of nitrogens with zero attached hydrogens (tertiary/aromatic N) is 2. The van der Waals surface area contributed by atoms with Crippen LogP contribution in [0.2, 0.25) is 0 Å². The minimum absolute atomic E-state index is 0.0411. The number of rotatable bonds is 6. The Labute approximate surface area is 120 Å². The summed E-state index contributed by atoms with van der Waals surface area (Å²) in [6, 6.07) is -0.973. The number of carboxylic acids is 2. The molecule has 6 nitrogen and oxygen atoms in total. The van der Waals surface area contributed by atoms with Crippen LogP contribution in [-0.2, 0) is 9.59 Å². The average molecular weight is 286 g/mol. The van der Waals surface area contributed by atoms with Crippen LogP contribution >= 0.6 is 0 Å². The van der Waals surface area contributed by atoms with E-state index in [-0.39, 0.29) is 11.8 Å². The minimum Gasteiger partial charge on any atom is -0.480 e. The van der Waals surface area contributed by atoms with E-state index in [0.29, 0.717) is 26.2 Å². The molecule has 0 saturated carbocycles. The van der Waals surface area contributed by atoms with Crippen LogP contribution in [0.5, 0.6) is 0 Å². The molecule has 0 aromatic heterocycles. The number of hydrogen-bond acceptors (Lipinski definition) is 4. The van der Waals surface area contributed by atoms with E-state index in [0.717, 1.165) is 0 Å². The fraction of sp³-hybridized carbons (Fsp3) is 0.857. The van der Waals surface area contributed by atoms with E-state index in [2.05, 4.69) is 0 Å². The highest BCUT2D eigenvalue weighted by molar-refractivity contribution is 5.74. The quantitative estimate of drug-likeness (QED) is 0.752. The Kier molecular flexibility index (Phi) is 5.95. The van der Waals surface area contributed by atoms with Gasteiger partial charge in [-0.1, -0.05) is 27.7 Å². The van der Waals surface area contributed by atoms with Crippen molar-refractivity contribution in [2.24, 2.45) is 11.8 Å². The van der Waals surface area contributed by atoms with E-state index in [1.165, 1.54) is 0 Å². The molecule has 0 unspecified atom stereocenters. The molecule has 2 atom stereocenters. The van der Waals surface area contributed by atoms with Gasteiger partial charge in [0.15, 0.2) is 0 Å². The molecule has 1 aliphatic rings. The number of piperazine rings is 1. The summed E-state index contributed by atoms with van der Waals surface area (Å²) >= 11 is 0. The van der Waals surface area contributed by atoms with Crippen molar-refractivity contribution >= 4 is 11.9 Å². The van der Waals surface area contributed by atoms with Crippen LogP contribution < -0.4 is 0 Å². The van der Waals surface area contributed by atoms with Gasteiger partial charge in [0, 0.05) is 26.2 Å². The Bertz CT molecular complexity index is 315. The predicted octanol–water partition coefficient (Wildman–Crippen LogP) is 0.822. The molecule has 1 heterocycles. The lowest BCUT2D eigenvalue weighted by Gasteiger charge is -2.41. The average Bonchev–Trinajstić information content (AvgIpc) is 2.29. The molecule has 0 aromatic rings. The Balaban J connectivity index is 2.67. The highest BCUT2D eigenvalue weighted by Gasteiger charge is 2.35. The number of aliphatic carboxylic acids is 2. The van der Waals surface area contributed by atoms with E-state index in [4.69, 9.17) is 0 Å². The van der Waals surface area contributed by atoms with Crippen molar-refractivity contribution in [1.82, 2.24) is 9.80 Å². The van der Waals surface area contributed by atoms with Crippen molar-refractivity contribution in [2.45, 2.75) is 39.8 Å². The normalized spacial score (nSPS) is 21.1. The maximum Gasteiger partial charge on any atom is 0.321 e. The van der Waals surface area contributed by atoms with Crippen LogP contribution in [0.15, 0.2) is 0 Å². The summed E-state index contributed by atoms with van der Waals surface area (Å²) in [5.41, 5.74) is 0. The van der Waals surface area contributed by atoms with Crippen molar-refractivity contribution in [3.8, 4) is 0 Å². The summed E-state index contributed by atoms with van der Waals surface area (Å²) in [5.74, 6) is -1.52. The van der Waals surface area contributed by atoms with Crippen molar-refractivity contribution in [1.29, 1.82) is 0 Å². The first-order valence-electron chi connectivity index (χ1n) is 7.19. The molecule has 116 valence electrons. The number of hydrogen-bond donors (Lipinski definition) is 2. The smallest absolute Gasteiger partial charge is 0.321 e. The summed E-state index contributed by atoms with van der Waals surface area (Å²) in [6.07, 6.45) is 0. The zero-order chi connectivity index (χ0) is 15.4. The van der Waals surface area contributed by atoms with Gasteiger partial charge in [0.25, 0.3) is 0 Å². The highest BCUT2D eigenvalue weighted by atomic mass is 16.4. The van der Waals surface area contributed by atoms with Crippen LogP contribution in [0.1, 0.15) is 27.7 Å². The molecule has 1 saturated heterocycles. The van der Waals surface area contributed by atoms with Gasteiger partial charge in [0.05, 0.1) is 0 Å². The van der Waals surface area contributed by atoms with Gasteiger partial charge in [-0.25, -0.2) is 0 Å². The lowest BCUT2D eigenvalue weighted by atomic mass is 9.99. The van der Waals surface area contributed by atoms with Crippen LogP contribution in [0.25, 0.3) is 0 Å². The summed E-state index contributed by atoms with van der Waals surface area (Å²) in [6.45, 7) is 10.0. The van der Waals surface area contributed by atoms with E-state index in [1.54, 1.807) is 0 Å². The number of carbonyl (C=O) groups is 2. The maximum atomic E-state index is 11.3. The van der Waals surface area contributed by atoms with Gasteiger partial charge in [-0.3, -0.25) is 19.4 Å². The first-order valence-corrected chi connectivity index (χ1v) is 7.19. The second kappa shape index (κ2) is 7.04. The van der Waals surface area contributed by atoms with E-state index >= 15 is 0 Å². The predicted molar refractivity (Wildman–Crippen MR) is 75.7 cm³/mol. The molecule has 6 heteroatoms. The fourth-order valence-corrected chi connectivity index (χ4v) is 3.02. The van der Waals surface area contributed by atoms with E-state index in [1.807, 2.05) is 37.5 Å². The summed E-state index contributed by atoms with van der Waals surface area (Å²) in [4.78, 5) is 26.5. The Morgan fingerprint density at radius 3 is 1.15 bits per heavy atom. The van der Waals surface area contributed by atoms with Crippen LogP contribution in [0.4, 0.5) is 0 Å².